The highest BCUT2D eigenvalue weighted by molar-refractivity contribution is 5.76. The minimum atomic E-state index is -1.03. The van der Waals surface area contributed by atoms with Crippen molar-refractivity contribution in [2.75, 3.05) is 33.0 Å². The molecule has 10 heteroatoms. The number of aliphatic hydroxyl groups is 3. The minimum Gasteiger partial charge on any atom is -0.394 e. The number of hydrogen-bond donors (Lipinski definition) is 4. The molecule has 226 valence electrons. The van der Waals surface area contributed by atoms with E-state index in [4.69, 9.17) is 14.2 Å². The Morgan fingerprint density at radius 2 is 1.79 bits per heavy atom. The van der Waals surface area contributed by atoms with Crippen LogP contribution in [-0.2, 0) is 23.8 Å². The van der Waals surface area contributed by atoms with Crippen LogP contribution in [0.1, 0.15) is 90.9 Å². The first-order chi connectivity index (χ1) is 18.8. The first kappa shape index (κ1) is 32.2. The lowest BCUT2D eigenvalue weighted by atomic mass is 9.75. The number of nitrogens with zero attached hydrogens (tertiary/aromatic N) is 1. The highest BCUT2D eigenvalue weighted by Gasteiger charge is 2.35. The van der Waals surface area contributed by atoms with Gasteiger partial charge < -0.3 is 39.7 Å². The van der Waals surface area contributed by atoms with Crippen LogP contribution in [0.3, 0.4) is 0 Å². The summed E-state index contributed by atoms with van der Waals surface area (Å²) in [5, 5.41) is 31.5. The maximum absolute atomic E-state index is 12.9. The SMILES string of the molecule is CC(=O)N[C@@H](CO)C(OCCCCCC(=O)N1CCC[C@H]1COC1CCC(C2CCC2)C1)OC(CO)[C@@H](C)O. The molecule has 3 fully saturated rings. The summed E-state index contributed by atoms with van der Waals surface area (Å²) in [6, 6.07) is -0.640. The summed E-state index contributed by atoms with van der Waals surface area (Å²) < 4.78 is 17.7. The monoisotopic (exact) mass is 556 g/mol. The summed E-state index contributed by atoms with van der Waals surface area (Å²) >= 11 is 0. The molecular weight excluding hydrogens is 504 g/mol. The number of aliphatic hydroxyl groups excluding tert-OH is 3. The largest absolute Gasteiger partial charge is 0.394 e. The molecule has 3 aliphatic rings. The predicted octanol–water partition coefficient (Wildman–Crippen LogP) is 2.12. The standard InChI is InChI=1S/C29H52N2O8/c1-20(34)27(18-33)39-29(26(17-32)30-21(2)35)37-15-5-3-4-11-28(36)31-14-7-10-24(31)19-38-25-13-12-23(16-25)22-8-6-9-22/h20,22-27,29,32-34H,3-19H2,1-2H3,(H,30,35)/t20-,23?,24+,25?,26+,27?,29?/m1/s1. The third kappa shape index (κ3) is 10.2. The lowest BCUT2D eigenvalue weighted by molar-refractivity contribution is -0.214. The molecule has 2 amide bonds. The van der Waals surface area contributed by atoms with Crippen LogP contribution in [0, 0.1) is 11.8 Å². The van der Waals surface area contributed by atoms with Crippen LogP contribution in [0.25, 0.3) is 0 Å². The van der Waals surface area contributed by atoms with Crippen LogP contribution in [0.4, 0.5) is 0 Å². The molecule has 0 aromatic rings. The van der Waals surface area contributed by atoms with Gasteiger partial charge in [0.05, 0.1) is 38.1 Å². The molecule has 4 N–H and O–H groups in total. The van der Waals surface area contributed by atoms with Gasteiger partial charge in [-0.3, -0.25) is 9.59 Å². The topological polar surface area (TPSA) is 138 Å². The lowest BCUT2D eigenvalue weighted by Crippen LogP contribution is -2.50. The summed E-state index contributed by atoms with van der Waals surface area (Å²) in [5.41, 5.74) is 0. The van der Waals surface area contributed by atoms with Gasteiger partial charge in [0.1, 0.15) is 12.1 Å². The van der Waals surface area contributed by atoms with Gasteiger partial charge in [-0.2, -0.15) is 0 Å². The maximum Gasteiger partial charge on any atom is 0.222 e. The Labute approximate surface area is 233 Å². The number of rotatable bonds is 18. The van der Waals surface area contributed by atoms with Gasteiger partial charge in [-0.1, -0.05) is 25.7 Å². The second-order valence-corrected chi connectivity index (χ2v) is 11.7. The number of unbranched alkanes of at least 4 members (excludes halogenated alkanes) is 2. The van der Waals surface area contributed by atoms with Crippen LogP contribution >= 0.6 is 0 Å². The summed E-state index contributed by atoms with van der Waals surface area (Å²) in [5.74, 6) is 1.62. The zero-order valence-corrected chi connectivity index (χ0v) is 24.0. The second-order valence-electron chi connectivity index (χ2n) is 11.7. The molecule has 0 spiro atoms. The van der Waals surface area contributed by atoms with Crippen molar-refractivity contribution in [1.29, 1.82) is 0 Å². The van der Waals surface area contributed by atoms with E-state index >= 15 is 0 Å². The Morgan fingerprint density at radius 1 is 1.00 bits per heavy atom. The summed E-state index contributed by atoms with van der Waals surface area (Å²) in [6.07, 6.45) is 10.1. The molecule has 1 saturated heterocycles. The number of carbonyl (C=O) groups is 2. The van der Waals surface area contributed by atoms with E-state index in [-0.39, 0.29) is 24.5 Å². The fourth-order valence-electron chi connectivity index (χ4n) is 6.14. The molecule has 4 unspecified atom stereocenters. The summed E-state index contributed by atoms with van der Waals surface area (Å²) in [7, 11) is 0. The Hall–Kier alpha value is -1.30. The van der Waals surface area contributed by atoms with E-state index in [1.165, 1.54) is 52.4 Å². The normalized spacial score (nSPS) is 26.7. The van der Waals surface area contributed by atoms with Gasteiger partial charge in [0.15, 0.2) is 6.29 Å². The molecule has 2 saturated carbocycles. The Kier molecular flexibility index (Phi) is 13.9. The van der Waals surface area contributed by atoms with Crippen molar-refractivity contribution in [1.82, 2.24) is 10.2 Å². The van der Waals surface area contributed by atoms with Gasteiger partial charge in [0.2, 0.25) is 11.8 Å². The molecule has 3 rings (SSSR count). The van der Waals surface area contributed by atoms with Crippen molar-refractivity contribution >= 4 is 11.8 Å². The van der Waals surface area contributed by atoms with E-state index in [0.717, 1.165) is 44.1 Å². The number of amides is 2. The zero-order valence-electron chi connectivity index (χ0n) is 24.0. The molecule has 2 aliphatic carbocycles. The van der Waals surface area contributed by atoms with Gasteiger partial charge in [0, 0.05) is 26.5 Å². The highest BCUT2D eigenvalue weighted by atomic mass is 16.7. The zero-order chi connectivity index (χ0) is 28.2. The summed E-state index contributed by atoms with van der Waals surface area (Å²) in [6.45, 7) is 3.72. The van der Waals surface area contributed by atoms with E-state index in [1.807, 2.05) is 4.90 Å². The van der Waals surface area contributed by atoms with Gasteiger partial charge in [-0.05, 0) is 63.7 Å². The molecule has 1 aliphatic heterocycles. The lowest BCUT2D eigenvalue weighted by Gasteiger charge is -2.31. The predicted molar refractivity (Wildman–Crippen MR) is 146 cm³/mol. The van der Waals surface area contributed by atoms with E-state index in [0.29, 0.717) is 25.6 Å². The molecule has 10 nitrogen and oxygen atoms in total. The quantitative estimate of drug-likeness (QED) is 0.149. The molecule has 39 heavy (non-hydrogen) atoms. The van der Waals surface area contributed by atoms with Crippen LogP contribution < -0.4 is 5.32 Å². The van der Waals surface area contributed by atoms with E-state index in [1.54, 1.807) is 0 Å². The molecule has 1 heterocycles. The van der Waals surface area contributed by atoms with Crippen LogP contribution in [0.2, 0.25) is 0 Å². The van der Waals surface area contributed by atoms with E-state index < -0.39 is 37.8 Å². The number of hydrogen-bond acceptors (Lipinski definition) is 8. The fourth-order valence-corrected chi connectivity index (χ4v) is 6.14. The van der Waals surface area contributed by atoms with E-state index in [9.17, 15) is 24.9 Å². The van der Waals surface area contributed by atoms with Crippen molar-refractivity contribution in [2.45, 2.75) is 128 Å². The number of nitrogens with one attached hydrogen (secondary N) is 1. The fraction of sp³-hybridized carbons (Fsp3) is 0.931. The first-order valence-corrected chi connectivity index (χ1v) is 15.2. The second kappa shape index (κ2) is 16.8. The molecular formula is C29H52N2O8. The number of carbonyl (C=O) groups excluding carboxylic acids is 2. The van der Waals surface area contributed by atoms with Crippen molar-refractivity contribution in [3.8, 4) is 0 Å². The van der Waals surface area contributed by atoms with Crippen molar-refractivity contribution in [3.63, 3.8) is 0 Å². The van der Waals surface area contributed by atoms with Crippen molar-refractivity contribution in [3.05, 3.63) is 0 Å². The van der Waals surface area contributed by atoms with Crippen LogP contribution in [0.5, 0.6) is 0 Å². The molecule has 0 aromatic heterocycles. The minimum absolute atomic E-state index is 0.190. The molecule has 0 bridgehead atoms. The van der Waals surface area contributed by atoms with Gasteiger partial charge in [-0.15, -0.1) is 0 Å². The Bertz CT molecular complexity index is 734. The van der Waals surface area contributed by atoms with Gasteiger partial charge >= 0.3 is 0 Å². The first-order valence-electron chi connectivity index (χ1n) is 15.2. The molecule has 0 radical (unpaired) electrons. The smallest absolute Gasteiger partial charge is 0.222 e. The maximum atomic E-state index is 12.9. The third-order valence-electron chi connectivity index (χ3n) is 8.72. The average molecular weight is 557 g/mol. The number of ether oxygens (including phenoxy) is 3. The van der Waals surface area contributed by atoms with Crippen LogP contribution in [-0.4, -0.2) is 102 Å². The van der Waals surface area contributed by atoms with Gasteiger partial charge in [-0.25, -0.2) is 0 Å². The third-order valence-corrected chi connectivity index (χ3v) is 8.72. The van der Waals surface area contributed by atoms with Gasteiger partial charge in [0.25, 0.3) is 0 Å². The Balaban J connectivity index is 1.33. The molecule has 0 aromatic carbocycles. The highest BCUT2D eigenvalue weighted by Crippen LogP contribution is 2.43. The van der Waals surface area contributed by atoms with Crippen molar-refractivity contribution < 1.29 is 39.1 Å². The average Bonchev–Trinajstić information content (AvgIpc) is 3.53. The molecule has 7 atom stereocenters. The van der Waals surface area contributed by atoms with Crippen LogP contribution in [0.15, 0.2) is 0 Å². The number of likely N-dealkylation sites (tertiary alicyclic amines) is 1. The van der Waals surface area contributed by atoms with Crippen molar-refractivity contribution in [2.24, 2.45) is 11.8 Å². The Morgan fingerprint density at radius 3 is 2.44 bits per heavy atom. The summed E-state index contributed by atoms with van der Waals surface area (Å²) in [4.78, 5) is 26.5. The van der Waals surface area contributed by atoms with E-state index in [2.05, 4.69) is 5.32 Å².